The van der Waals surface area contributed by atoms with Crippen LogP contribution in [0.1, 0.15) is 23.6 Å². The first-order valence-corrected chi connectivity index (χ1v) is 10.4. The van der Waals surface area contributed by atoms with Crippen LogP contribution in [0.4, 0.5) is 5.69 Å². The summed E-state index contributed by atoms with van der Waals surface area (Å²) in [5.41, 5.74) is 5.00. The summed E-state index contributed by atoms with van der Waals surface area (Å²) in [6.07, 6.45) is 0.539. The largest absolute Gasteiger partial charge is 0.360 e. The molecule has 1 saturated heterocycles. The molecule has 0 saturated carbocycles. The first-order valence-electron chi connectivity index (χ1n) is 10.4. The van der Waals surface area contributed by atoms with Crippen molar-refractivity contribution in [1.82, 2.24) is 5.32 Å². The fourth-order valence-corrected chi connectivity index (χ4v) is 3.94. The smallest absolute Gasteiger partial charge is 0.275 e. The van der Waals surface area contributed by atoms with E-state index in [0.717, 1.165) is 31.7 Å². The van der Waals surface area contributed by atoms with Gasteiger partial charge in [0.1, 0.15) is 0 Å². The second-order valence-corrected chi connectivity index (χ2v) is 8.05. The van der Waals surface area contributed by atoms with Crippen LogP contribution in [0.25, 0.3) is 0 Å². The van der Waals surface area contributed by atoms with Gasteiger partial charge >= 0.3 is 0 Å². The molecule has 1 heterocycles. The molecule has 1 fully saturated rings. The first-order chi connectivity index (χ1) is 13.9. The van der Waals surface area contributed by atoms with Gasteiger partial charge in [-0.2, -0.15) is 0 Å². The van der Waals surface area contributed by atoms with Gasteiger partial charge in [-0.1, -0.05) is 42.5 Å². The molecule has 0 radical (unpaired) electrons. The number of Topliss-reactive ketones (excluding diaryl/α,β-unsaturated/α-hetero) is 1. The molecule has 1 aliphatic heterocycles. The van der Waals surface area contributed by atoms with E-state index < -0.39 is 6.04 Å². The molecular formula is C24H32N3O2+. The molecule has 5 heteroatoms. The Morgan fingerprint density at radius 1 is 1.03 bits per heavy atom. The number of ketones is 1. The number of benzene rings is 2. The van der Waals surface area contributed by atoms with Crippen molar-refractivity contribution in [2.45, 2.75) is 33.2 Å². The number of hydrogen-bond donors (Lipinski definition) is 2. The zero-order valence-corrected chi connectivity index (χ0v) is 17.7. The fourth-order valence-electron chi connectivity index (χ4n) is 3.94. The second-order valence-electron chi connectivity index (χ2n) is 8.05. The van der Waals surface area contributed by atoms with Crippen molar-refractivity contribution in [3.05, 3.63) is 65.2 Å². The Hall–Kier alpha value is -2.66. The van der Waals surface area contributed by atoms with E-state index in [-0.39, 0.29) is 11.7 Å². The van der Waals surface area contributed by atoms with Gasteiger partial charge in [-0.25, -0.2) is 0 Å². The van der Waals surface area contributed by atoms with E-state index in [1.807, 2.05) is 30.3 Å². The van der Waals surface area contributed by atoms with Crippen molar-refractivity contribution in [1.29, 1.82) is 0 Å². The minimum atomic E-state index is -0.458. The quantitative estimate of drug-likeness (QED) is 0.745. The molecule has 3 rings (SSSR count). The first kappa shape index (κ1) is 21.1. The van der Waals surface area contributed by atoms with E-state index in [1.165, 1.54) is 21.7 Å². The maximum Gasteiger partial charge on any atom is 0.275 e. The van der Waals surface area contributed by atoms with Crippen molar-refractivity contribution in [3.63, 3.8) is 0 Å². The molecule has 2 aromatic carbocycles. The van der Waals surface area contributed by atoms with Gasteiger partial charge in [-0.15, -0.1) is 0 Å². The van der Waals surface area contributed by atoms with E-state index in [0.29, 0.717) is 13.0 Å². The Kier molecular flexibility index (Phi) is 7.04. The lowest BCUT2D eigenvalue weighted by atomic mass is 10.0. The minimum absolute atomic E-state index is 0.00283. The lowest BCUT2D eigenvalue weighted by molar-refractivity contribution is -0.892. The maximum atomic E-state index is 12.6. The van der Waals surface area contributed by atoms with Crippen LogP contribution in [-0.2, 0) is 16.0 Å². The Morgan fingerprint density at radius 2 is 1.72 bits per heavy atom. The number of quaternary nitrogens is 1. The molecule has 0 bridgehead atoms. The second kappa shape index (κ2) is 9.70. The molecule has 0 aromatic heterocycles. The van der Waals surface area contributed by atoms with E-state index in [4.69, 9.17) is 0 Å². The number of piperazine rings is 1. The Morgan fingerprint density at radius 3 is 2.38 bits per heavy atom. The highest BCUT2D eigenvalue weighted by molar-refractivity contribution is 5.88. The highest BCUT2D eigenvalue weighted by atomic mass is 16.2. The molecule has 1 atom stereocenters. The lowest BCUT2D eigenvalue weighted by Crippen LogP contribution is -3.16. The lowest BCUT2D eigenvalue weighted by Gasteiger charge is -2.34. The van der Waals surface area contributed by atoms with Crippen LogP contribution in [0.3, 0.4) is 0 Å². The van der Waals surface area contributed by atoms with Gasteiger partial charge in [0.05, 0.1) is 32.2 Å². The third-order valence-electron chi connectivity index (χ3n) is 5.91. The zero-order chi connectivity index (χ0) is 20.8. The number of hydrogen-bond acceptors (Lipinski definition) is 3. The fraction of sp³-hybridized carbons (Fsp3) is 0.417. The minimum Gasteiger partial charge on any atom is -0.360 e. The van der Waals surface area contributed by atoms with Crippen LogP contribution in [0.15, 0.2) is 48.5 Å². The SMILES string of the molecule is CC(=O)[C@H](Cc1ccccc1)NC(=O)C[NH+]1CCN(c2cccc(C)c2C)CC1. The molecule has 154 valence electrons. The summed E-state index contributed by atoms with van der Waals surface area (Å²) < 4.78 is 0. The number of anilines is 1. The van der Waals surface area contributed by atoms with Gasteiger partial charge in [-0.05, 0) is 49.9 Å². The van der Waals surface area contributed by atoms with Gasteiger partial charge in [0.15, 0.2) is 12.3 Å². The molecule has 1 amide bonds. The van der Waals surface area contributed by atoms with Crippen molar-refractivity contribution < 1.29 is 14.5 Å². The molecule has 5 nitrogen and oxygen atoms in total. The normalized spacial score (nSPS) is 15.8. The van der Waals surface area contributed by atoms with Gasteiger partial charge in [0.25, 0.3) is 5.91 Å². The van der Waals surface area contributed by atoms with Gasteiger partial charge in [0, 0.05) is 5.69 Å². The summed E-state index contributed by atoms with van der Waals surface area (Å²) in [5.74, 6) is -0.0479. The summed E-state index contributed by atoms with van der Waals surface area (Å²) in [6, 6.07) is 15.8. The number of aryl methyl sites for hydroxylation is 1. The Bertz CT molecular complexity index is 842. The Labute approximate surface area is 173 Å². The van der Waals surface area contributed by atoms with Crippen molar-refractivity contribution in [2.75, 3.05) is 37.6 Å². The molecule has 29 heavy (non-hydrogen) atoms. The average molecular weight is 395 g/mol. The third-order valence-corrected chi connectivity index (χ3v) is 5.91. The number of carbonyl (C=O) groups excluding carboxylic acids is 2. The summed E-state index contributed by atoms with van der Waals surface area (Å²) in [7, 11) is 0. The van der Waals surface area contributed by atoms with E-state index >= 15 is 0 Å². The van der Waals surface area contributed by atoms with Crippen molar-refractivity contribution in [3.8, 4) is 0 Å². The zero-order valence-electron chi connectivity index (χ0n) is 17.7. The molecule has 0 aliphatic carbocycles. The molecule has 2 N–H and O–H groups in total. The van der Waals surface area contributed by atoms with Gasteiger partial charge < -0.3 is 15.1 Å². The summed E-state index contributed by atoms with van der Waals surface area (Å²) >= 11 is 0. The Balaban J connectivity index is 1.51. The number of nitrogens with zero attached hydrogens (tertiary/aromatic N) is 1. The summed E-state index contributed by atoms with van der Waals surface area (Å²) in [6.45, 7) is 10.00. The molecule has 0 spiro atoms. The number of rotatable bonds is 7. The van der Waals surface area contributed by atoms with Crippen LogP contribution in [0.2, 0.25) is 0 Å². The molecule has 2 aromatic rings. The number of nitrogens with one attached hydrogen (secondary N) is 2. The molecular weight excluding hydrogens is 362 g/mol. The third kappa shape index (κ3) is 5.67. The summed E-state index contributed by atoms with van der Waals surface area (Å²) in [4.78, 5) is 28.3. The van der Waals surface area contributed by atoms with Crippen molar-refractivity contribution >= 4 is 17.4 Å². The summed E-state index contributed by atoms with van der Waals surface area (Å²) in [5, 5.41) is 2.95. The predicted octanol–water partition coefficient (Wildman–Crippen LogP) is 1.32. The van der Waals surface area contributed by atoms with Crippen molar-refractivity contribution in [2.24, 2.45) is 0 Å². The van der Waals surface area contributed by atoms with E-state index in [2.05, 4.69) is 42.3 Å². The van der Waals surface area contributed by atoms with Crippen LogP contribution >= 0.6 is 0 Å². The number of amides is 1. The van der Waals surface area contributed by atoms with Crippen LogP contribution in [-0.4, -0.2) is 50.5 Å². The highest BCUT2D eigenvalue weighted by Gasteiger charge is 2.25. The average Bonchev–Trinajstić information content (AvgIpc) is 2.71. The standard InChI is InChI=1S/C24H31N3O2/c1-18-8-7-11-23(19(18)2)27-14-12-26(13-15-27)17-24(29)25-22(20(3)28)16-21-9-5-4-6-10-21/h4-11,22H,12-17H2,1-3H3,(H,25,29)/p+1/t22-/m0/s1. The van der Waals surface area contributed by atoms with E-state index in [1.54, 1.807) is 6.92 Å². The van der Waals surface area contributed by atoms with Crippen LogP contribution < -0.4 is 15.1 Å². The monoisotopic (exact) mass is 394 g/mol. The van der Waals surface area contributed by atoms with Crippen LogP contribution in [0.5, 0.6) is 0 Å². The maximum absolute atomic E-state index is 12.6. The van der Waals surface area contributed by atoms with E-state index in [9.17, 15) is 9.59 Å². The van der Waals surface area contributed by atoms with Gasteiger partial charge in [0.2, 0.25) is 0 Å². The van der Waals surface area contributed by atoms with Gasteiger partial charge in [-0.3, -0.25) is 9.59 Å². The molecule has 1 aliphatic rings. The number of carbonyl (C=O) groups is 2. The van der Waals surface area contributed by atoms with Crippen LogP contribution in [0, 0.1) is 13.8 Å². The highest BCUT2D eigenvalue weighted by Crippen LogP contribution is 2.22. The topological polar surface area (TPSA) is 53.9 Å². The molecule has 0 unspecified atom stereocenters. The predicted molar refractivity (Wildman–Crippen MR) is 116 cm³/mol.